The van der Waals surface area contributed by atoms with Crippen LogP contribution in [-0.2, 0) is 0 Å². The van der Waals surface area contributed by atoms with Crippen LogP contribution < -0.4 is 5.32 Å². The van der Waals surface area contributed by atoms with Gasteiger partial charge >= 0.3 is 0 Å². The molecule has 0 aliphatic rings. The Kier molecular flexibility index (Phi) is 5.77. The molecule has 1 aromatic rings. The quantitative estimate of drug-likeness (QED) is 0.804. The molecule has 0 heterocycles. The molecule has 0 bridgehead atoms. The molecule has 0 atom stereocenters. The van der Waals surface area contributed by atoms with Gasteiger partial charge in [-0.05, 0) is 30.0 Å². The predicted molar refractivity (Wildman–Crippen MR) is 77.9 cm³/mol. The van der Waals surface area contributed by atoms with E-state index >= 15 is 0 Å². The van der Waals surface area contributed by atoms with Crippen LogP contribution in [-0.4, -0.2) is 18.3 Å². The number of nitrogens with one attached hydrogen (secondary N) is 1. The van der Waals surface area contributed by atoms with Gasteiger partial charge in [0.15, 0.2) is 0 Å². The van der Waals surface area contributed by atoms with Crippen molar-refractivity contribution in [3.63, 3.8) is 0 Å². The summed E-state index contributed by atoms with van der Waals surface area (Å²) in [6.07, 6.45) is 0.836. The lowest BCUT2D eigenvalue weighted by Crippen LogP contribution is -2.34. The summed E-state index contributed by atoms with van der Waals surface area (Å²) in [4.78, 5) is 12.0. The van der Waals surface area contributed by atoms with Crippen molar-refractivity contribution in [3.8, 4) is 0 Å². The fourth-order valence-corrected chi connectivity index (χ4v) is 2.44. The van der Waals surface area contributed by atoms with E-state index < -0.39 is 0 Å². The van der Waals surface area contributed by atoms with Gasteiger partial charge in [-0.3, -0.25) is 4.79 Å². The first-order valence-corrected chi connectivity index (χ1v) is 6.94. The van der Waals surface area contributed by atoms with Crippen LogP contribution in [0.1, 0.15) is 30.6 Å². The van der Waals surface area contributed by atoms with E-state index in [1.54, 1.807) is 18.2 Å². The van der Waals surface area contributed by atoms with Crippen LogP contribution in [0.25, 0.3) is 0 Å². The molecular weight excluding hydrogens is 293 g/mol. The number of carbonyl (C=O) groups is 1. The van der Waals surface area contributed by atoms with Gasteiger partial charge in [0.2, 0.25) is 0 Å². The molecule has 2 nitrogen and oxygen atoms in total. The minimum atomic E-state index is -0.195. The normalized spacial score (nSPS) is 11.4. The van der Waals surface area contributed by atoms with Crippen LogP contribution in [0.5, 0.6) is 0 Å². The van der Waals surface area contributed by atoms with Gasteiger partial charge in [-0.25, -0.2) is 0 Å². The first kappa shape index (κ1) is 15.6. The highest BCUT2D eigenvalue weighted by Crippen LogP contribution is 2.22. The molecule has 0 fully saturated rings. The summed E-state index contributed by atoms with van der Waals surface area (Å²) in [6.45, 7) is 4.66. The number of amides is 1. The second kappa shape index (κ2) is 6.65. The molecule has 0 saturated carbocycles. The van der Waals surface area contributed by atoms with Gasteiger partial charge in [-0.2, -0.15) is 0 Å². The van der Waals surface area contributed by atoms with Crippen molar-refractivity contribution < 1.29 is 4.79 Å². The number of hydrogen-bond donors (Lipinski definition) is 1. The SMILES string of the molecule is CC(C)(CCCl)CNC(=O)c1ccc(Cl)cc1Cl. The Morgan fingerprint density at radius 2 is 2.00 bits per heavy atom. The number of rotatable bonds is 5. The summed E-state index contributed by atoms with van der Waals surface area (Å²) < 4.78 is 0. The van der Waals surface area contributed by atoms with E-state index in [0.717, 1.165) is 6.42 Å². The molecule has 0 aliphatic carbocycles. The van der Waals surface area contributed by atoms with Crippen molar-refractivity contribution in [3.05, 3.63) is 33.8 Å². The van der Waals surface area contributed by atoms with E-state index in [1.165, 1.54) is 0 Å². The fourth-order valence-electron chi connectivity index (χ4n) is 1.43. The maximum Gasteiger partial charge on any atom is 0.252 e. The van der Waals surface area contributed by atoms with Crippen molar-refractivity contribution in [2.45, 2.75) is 20.3 Å². The van der Waals surface area contributed by atoms with Gasteiger partial charge in [0.25, 0.3) is 5.91 Å². The highest BCUT2D eigenvalue weighted by Gasteiger charge is 2.19. The Bertz CT molecular complexity index is 432. The Balaban J connectivity index is 2.66. The highest BCUT2D eigenvalue weighted by atomic mass is 35.5. The van der Waals surface area contributed by atoms with E-state index in [2.05, 4.69) is 19.2 Å². The standard InChI is InChI=1S/C13H16Cl3NO/c1-13(2,5-6-14)8-17-12(18)10-4-3-9(15)7-11(10)16/h3-4,7H,5-6,8H2,1-2H3,(H,17,18). The molecular formula is C13H16Cl3NO. The van der Waals surface area contributed by atoms with Gasteiger partial charge < -0.3 is 5.32 Å². The predicted octanol–water partition coefficient (Wildman–Crippen LogP) is 4.38. The molecule has 0 saturated heterocycles. The minimum Gasteiger partial charge on any atom is -0.351 e. The average Bonchev–Trinajstić information content (AvgIpc) is 2.26. The Hall–Kier alpha value is -0.440. The minimum absolute atomic E-state index is 0.0314. The second-order valence-electron chi connectivity index (χ2n) is 4.91. The van der Waals surface area contributed by atoms with Crippen molar-refractivity contribution in [2.24, 2.45) is 5.41 Å². The molecule has 1 aromatic carbocycles. The van der Waals surface area contributed by atoms with Crippen LogP contribution in [0.3, 0.4) is 0 Å². The lowest BCUT2D eigenvalue weighted by Gasteiger charge is -2.23. The first-order valence-electron chi connectivity index (χ1n) is 5.65. The summed E-state index contributed by atoms with van der Waals surface area (Å²) >= 11 is 17.5. The van der Waals surface area contributed by atoms with Crippen molar-refractivity contribution in [2.75, 3.05) is 12.4 Å². The summed E-state index contributed by atoms with van der Waals surface area (Å²) in [5.74, 6) is 0.379. The molecule has 0 radical (unpaired) electrons. The third-order valence-corrected chi connectivity index (χ3v) is 3.41. The maximum atomic E-state index is 12.0. The van der Waals surface area contributed by atoms with Crippen molar-refractivity contribution in [1.82, 2.24) is 5.32 Å². The van der Waals surface area contributed by atoms with E-state index in [1.807, 2.05) is 0 Å². The van der Waals surface area contributed by atoms with E-state index in [-0.39, 0.29) is 11.3 Å². The number of carbonyl (C=O) groups excluding carboxylic acids is 1. The summed E-state index contributed by atoms with van der Waals surface area (Å²) in [7, 11) is 0. The molecule has 100 valence electrons. The molecule has 0 aliphatic heterocycles. The first-order chi connectivity index (χ1) is 8.35. The van der Waals surface area contributed by atoms with Crippen LogP contribution in [0.4, 0.5) is 0 Å². The Morgan fingerprint density at radius 1 is 1.33 bits per heavy atom. The zero-order valence-corrected chi connectivity index (χ0v) is 12.7. The zero-order valence-electron chi connectivity index (χ0n) is 10.4. The average molecular weight is 309 g/mol. The molecule has 5 heteroatoms. The highest BCUT2D eigenvalue weighted by molar-refractivity contribution is 6.36. The fraction of sp³-hybridized carbons (Fsp3) is 0.462. The molecule has 1 N–H and O–H groups in total. The van der Waals surface area contributed by atoms with E-state index in [0.29, 0.717) is 28.0 Å². The molecule has 1 amide bonds. The topological polar surface area (TPSA) is 29.1 Å². The molecule has 0 spiro atoms. The summed E-state index contributed by atoms with van der Waals surface area (Å²) in [5.41, 5.74) is 0.402. The Labute approximate surface area is 123 Å². The van der Waals surface area contributed by atoms with Crippen LogP contribution in [0.2, 0.25) is 10.0 Å². The lowest BCUT2D eigenvalue weighted by molar-refractivity contribution is 0.0936. The van der Waals surface area contributed by atoms with Crippen LogP contribution in [0.15, 0.2) is 18.2 Å². The maximum absolute atomic E-state index is 12.0. The number of benzene rings is 1. The number of halogens is 3. The second-order valence-corrected chi connectivity index (χ2v) is 6.13. The zero-order chi connectivity index (χ0) is 13.8. The lowest BCUT2D eigenvalue weighted by atomic mass is 9.90. The Morgan fingerprint density at radius 3 is 2.56 bits per heavy atom. The van der Waals surface area contributed by atoms with Crippen molar-refractivity contribution in [1.29, 1.82) is 0 Å². The van der Waals surface area contributed by atoms with Gasteiger partial charge in [-0.15, -0.1) is 11.6 Å². The molecule has 0 unspecified atom stereocenters. The van der Waals surface area contributed by atoms with Gasteiger partial charge in [0.05, 0.1) is 10.6 Å². The summed E-state index contributed by atoms with van der Waals surface area (Å²) in [5, 5.41) is 3.73. The smallest absolute Gasteiger partial charge is 0.252 e. The third-order valence-electron chi connectivity index (χ3n) is 2.67. The third kappa shape index (κ3) is 4.68. The molecule has 1 rings (SSSR count). The molecule has 0 aromatic heterocycles. The largest absolute Gasteiger partial charge is 0.351 e. The summed E-state index contributed by atoms with van der Waals surface area (Å²) in [6, 6.07) is 4.82. The number of alkyl halides is 1. The van der Waals surface area contributed by atoms with Gasteiger partial charge in [-0.1, -0.05) is 37.0 Å². The molecule has 18 heavy (non-hydrogen) atoms. The van der Waals surface area contributed by atoms with Gasteiger partial charge in [0.1, 0.15) is 0 Å². The van der Waals surface area contributed by atoms with Crippen LogP contribution in [0, 0.1) is 5.41 Å². The van der Waals surface area contributed by atoms with E-state index in [4.69, 9.17) is 34.8 Å². The number of hydrogen-bond acceptors (Lipinski definition) is 1. The van der Waals surface area contributed by atoms with E-state index in [9.17, 15) is 4.79 Å². The monoisotopic (exact) mass is 307 g/mol. The van der Waals surface area contributed by atoms with Gasteiger partial charge in [0, 0.05) is 17.4 Å². The van der Waals surface area contributed by atoms with Crippen molar-refractivity contribution >= 4 is 40.7 Å². The van der Waals surface area contributed by atoms with Crippen LogP contribution >= 0.6 is 34.8 Å².